The van der Waals surface area contributed by atoms with Crippen molar-refractivity contribution in [2.45, 2.75) is 52.5 Å². The molecule has 0 aromatic rings. The summed E-state index contributed by atoms with van der Waals surface area (Å²) in [6.45, 7) is 8.55. The predicted octanol–water partition coefficient (Wildman–Crippen LogP) is 2.48. The highest BCUT2D eigenvalue weighted by molar-refractivity contribution is 5.76. The molecule has 0 spiro atoms. The lowest BCUT2D eigenvalue weighted by Crippen LogP contribution is -2.42. The average molecular weight is 197 g/mol. The van der Waals surface area contributed by atoms with E-state index in [9.17, 15) is 4.79 Å². The lowest BCUT2D eigenvalue weighted by molar-refractivity contribution is -0.118. The van der Waals surface area contributed by atoms with Gasteiger partial charge in [-0.1, -0.05) is 20.3 Å². The quantitative estimate of drug-likeness (QED) is 0.690. The van der Waals surface area contributed by atoms with Gasteiger partial charge in [0, 0.05) is 19.0 Å². The van der Waals surface area contributed by atoms with Crippen LogP contribution in [0.2, 0.25) is 0 Å². The Balaban J connectivity index is 2.45. The first-order valence-corrected chi connectivity index (χ1v) is 5.83. The Hall–Kier alpha value is -0.370. The topological polar surface area (TPSA) is 20.3 Å². The van der Waals surface area contributed by atoms with Crippen molar-refractivity contribution < 1.29 is 4.79 Å². The first kappa shape index (κ1) is 11.7. The van der Waals surface area contributed by atoms with Gasteiger partial charge >= 0.3 is 0 Å². The number of hydrogen-bond acceptors (Lipinski definition) is 2. The molecule has 82 valence electrons. The molecule has 1 atom stereocenters. The minimum Gasteiger partial charge on any atom is -0.300 e. The van der Waals surface area contributed by atoms with E-state index in [0.717, 1.165) is 13.0 Å². The second-order valence-electron chi connectivity index (χ2n) is 4.94. The maximum absolute atomic E-state index is 11.1. The molecule has 1 unspecified atom stereocenters. The highest BCUT2D eigenvalue weighted by atomic mass is 16.1. The summed E-state index contributed by atoms with van der Waals surface area (Å²) in [5, 5.41) is 0. The first-order chi connectivity index (χ1) is 6.59. The predicted molar refractivity (Wildman–Crippen MR) is 59.3 cm³/mol. The Labute approximate surface area is 87.7 Å². The second kappa shape index (κ2) is 5.50. The van der Waals surface area contributed by atoms with E-state index in [0.29, 0.717) is 17.7 Å². The summed E-state index contributed by atoms with van der Waals surface area (Å²) in [6, 6.07) is 0.531. The summed E-state index contributed by atoms with van der Waals surface area (Å²) in [4.78, 5) is 13.6. The van der Waals surface area contributed by atoms with E-state index in [1.165, 1.54) is 25.8 Å². The normalized spacial score (nSPS) is 24.1. The number of rotatable bonds is 4. The molecule has 1 fully saturated rings. The van der Waals surface area contributed by atoms with Crippen LogP contribution in [0.3, 0.4) is 0 Å². The molecule has 1 saturated heterocycles. The van der Waals surface area contributed by atoms with E-state index in [2.05, 4.69) is 18.7 Å². The van der Waals surface area contributed by atoms with Crippen molar-refractivity contribution >= 4 is 5.78 Å². The van der Waals surface area contributed by atoms with E-state index >= 15 is 0 Å². The van der Waals surface area contributed by atoms with Crippen molar-refractivity contribution in [2.75, 3.05) is 13.1 Å². The number of nitrogens with zero attached hydrogens (tertiary/aromatic N) is 1. The molecule has 0 saturated carbocycles. The van der Waals surface area contributed by atoms with E-state index in [-0.39, 0.29) is 0 Å². The molecule has 0 aromatic heterocycles. The van der Waals surface area contributed by atoms with Gasteiger partial charge in [-0.05, 0) is 32.2 Å². The van der Waals surface area contributed by atoms with E-state index < -0.39 is 0 Å². The van der Waals surface area contributed by atoms with E-state index in [4.69, 9.17) is 0 Å². The maximum Gasteiger partial charge on any atom is 0.131 e. The van der Waals surface area contributed by atoms with Gasteiger partial charge in [-0.2, -0.15) is 0 Å². The van der Waals surface area contributed by atoms with Gasteiger partial charge < -0.3 is 0 Å². The number of piperidine rings is 1. The van der Waals surface area contributed by atoms with Crippen molar-refractivity contribution in [3.05, 3.63) is 0 Å². The molecule has 14 heavy (non-hydrogen) atoms. The molecule has 2 heteroatoms. The van der Waals surface area contributed by atoms with Crippen molar-refractivity contribution in [1.82, 2.24) is 4.90 Å². The van der Waals surface area contributed by atoms with Crippen molar-refractivity contribution in [3.8, 4) is 0 Å². The summed E-state index contributed by atoms with van der Waals surface area (Å²) in [7, 11) is 0. The Kier molecular flexibility index (Phi) is 4.59. The van der Waals surface area contributed by atoms with Crippen LogP contribution in [0, 0.1) is 5.92 Å². The summed E-state index contributed by atoms with van der Waals surface area (Å²) >= 11 is 0. The molecular weight excluding hydrogens is 174 g/mol. The van der Waals surface area contributed by atoms with Crippen LogP contribution >= 0.6 is 0 Å². The standard InChI is InChI=1S/C12H23NO/c1-10(2)9-13-7-5-4-6-12(13)8-11(3)14/h10,12H,4-9H2,1-3H3. The Morgan fingerprint density at radius 2 is 2.14 bits per heavy atom. The number of carbonyl (C=O) groups excluding carboxylic acids is 1. The summed E-state index contributed by atoms with van der Waals surface area (Å²) in [5.74, 6) is 1.05. The van der Waals surface area contributed by atoms with E-state index in [1.54, 1.807) is 6.92 Å². The molecule has 1 rings (SSSR count). The molecule has 0 bridgehead atoms. The molecular formula is C12H23NO. The molecule has 0 N–H and O–H groups in total. The molecule has 1 aliphatic heterocycles. The minimum atomic E-state index is 0.339. The van der Waals surface area contributed by atoms with Crippen LogP contribution in [-0.2, 0) is 4.79 Å². The van der Waals surface area contributed by atoms with Crippen LogP contribution in [0.1, 0.15) is 46.5 Å². The summed E-state index contributed by atoms with van der Waals surface area (Å²) in [6.07, 6.45) is 4.58. The van der Waals surface area contributed by atoms with Gasteiger partial charge in [0.1, 0.15) is 5.78 Å². The van der Waals surface area contributed by atoms with Gasteiger partial charge in [-0.25, -0.2) is 0 Å². The molecule has 1 aliphatic rings. The van der Waals surface area contributed by atoms with Gasteiger partial charge in [0.25, 0.3) is 0 Å². The highest BCUT2D eigenvalue weighted by Gasteiger charge is 2.23. The maximum atomic E-state index is 11.1. The molecule has 0 radical (unpaired) electrons. The highest BCUT2D eigenvalue weighted by Crippen LogP contribution is 2.20. The zero-order valence-electron chi connectivity index (χ0n) is 9.75. The first-order valence-electron chi connectivity index (χ1n) is 5.83. The van der Waals surface area contributed by atoms with Crippen molar-refractivity contribution in [1.29, 1.82) is 0 Å². The third-order valence-electron chi connectivity index (χ3n) is 2.87. The Morgan fingerprint density at radius 3 is 2.71 bits per heavy atom. The lowest BCUT2D eigenvalue weighted by atomic mass is 9.97. The van der Waals surface area contributed by atoms with Crippen LogP contribution in [0.25, 0.3) is 0 Å². The zero-order valence-corrected chi connectivity index (χ0v) is 9.75. The van der Waals surface area contributed by atoms with Gasteiger partial charge in [-0.3, -0.25) is 9.69 Å². The van der Waals surface area contributed by atoms with E-state index in [1.807, 2.05) is 0 Å². The molecule has 0 aliphatic carbocycles. The number of Topliss-reactive ketones (excluding diaryl/α,β-unsaturated/α-hetero) is 1. The molecule has 0 amide bonds. The van der Waals surface area contributed by atoms with Gasteiger partial charge in [0.15, 0.2) is 0 Å². The lowest BCUT2D eigenvalue weighted by Gasteiger charge is -2.36. The minimum absolute atomic E-state index is 0.339. The second-order valence-corrected chi connectivity index (χ2v) is 4.94. The van der Waals surface area contributed by atoms with Crippen LogP contribution in [-0.4, -0.2) is 29.8 Å². The fourth-order valence-electron chi connectivity index (χ4n) is 2.33. The number of likely N-dealkylation sites (tertiary alicyclic amines) is 1. The Bertz CT molecular complexity index is 189. The van der Waals surface area contributed by atoms with Crippen LogP contribution in [0.5, 0.6) is 0 Å². The average Bonchev–Trinajstić information content (AvgIpc) is 2.06. The largest absolute Gasteiger partial charge is 0.300 e. The molecule has 2 nitrogen and oxygen atoms in total. The third kappa shape index (κ3) is 3.79. The van der Waals surface area contributed by atoms with Crippen molar-refractivity contribution in [3.63, 3.8) is 0 Å². The summed E-state index contributed by atoms with van der Waals surface area (Å²) < 4.78 is 0. The third-order valence-corrected chi connectivity index (χ3v) is 2.87. The Morgan fingerprint density at radius 1 is 1.43 bits per heavy atom. The SMILES string of the molecule is CC(=O)CC1CCCCN1CC(C)C. The van der Waals surface area contributed by atoms with Crippen LogP contribution in [0.4, 0.5) is 0 Å². The van der Waals surface area contributed by atoms with Crippen LogP contribution < -0.4 is 0 Å². The fraction of sp³-hybridized carbons (Fsp3) is 0.917. The number of carbonyl (C=O) groups is 1. The number of ketones is 1. The van der Waals surface area contributed by atoms with Crippen LogP contribution in [0.15, 0.2) is 0 Å². The molecule has 1 heterocycles. The smallest absolute Gasteiger partial charge is 0.131 e. The molecule has 0 aromatic carbocycles. The van der Waals surface area contributed by atoms with Gasteiger partial charge in [0.05, 0.1) is 0 Å². The monoisotopic (exact) mass is 197 g/mol. The van der Waals surface area contributed by atoms with Crippen molar-refractivity contribution in [2.24, 2.45) is 5.92 Å². The zero-order chi connectivity index (χ0) is 10.6. The van der Waals surface area contributed by atoms with Gasteiger partial charge in [-0.15, -0.1) is 0 Å². The fourth-order valence-corrected chi connectivity index (χ4v) is 2.33. The summed E-state index contributed by atoms with van der Waals surface area (Å²) in [5.41, 5.74) is 0. The van der Waals surface area contributed by atoms with Gasteiger partial charge in [0.2, 0.25) is 0 Å². The number of hydrogen-bond donors (Lipinski definition) is 0.